The standard InChI is InChI=1S/C23H29NO12/c1-8(22(32)24-13-14(27)16(29)21-20(15(13)28)33-7-34-21)5-10-3-4-12(11(26)6-10)35-23-18(31)17(30)19(36-23)9(2)25/h3-6,13-21,23,26-31H,7H2,1-2H3,(H,24,32)/b8-5+/t13-,14+,15-,16-,17-,18-,19-,20+,21-,23-/m0/s1. The minimum atomic E-state index is -1.51. The molecule has 1 aromatic carbocycles. The summed E-state index contributed by atoms with van der Waals surface area (Å²) in [6.45, 7) is 2.52. The Bertz CT molecular complexity index is 1030. The van der Waals surface area contributed by atoms with Crippen LogP contribution < -0.4 is 10.1 Å². The average Bonchev–Trinajstić information content (AvgIpc) is 3.43. The third kappa shape index (κ3) is 4.96. The second kappa shape index (κ2) is 10.4. The van der Waals surface area contributed by atoms with Crippen molar-refractivity contribution in [2.24, 2.45) is 0 Å². The maximum atomic E-state index is 12.7. The van der Waals surface area contributed by atoms with Crippen LogP contribution in [0.2, 0.25) is 0 Å². The first-order chi connectivity index (χ1) is 17.0. The van der Waals surface area contributed by atoms with E-state index in [9.17, 15) is 40.2 Å². The molecule has 3 aliphatic rings. The van der Waals surface area contributed by atoms with Gasteiger partial charge in [0.25, 0.3) is 0 Å². The molecular weight excluding hydrogens is 482 g/mol. The summed E-state index contributed by atoms with van der Waals surface area (Å²) in [5.41, 5.74) is 0.545. The number of amides is 1. The Balaban J connectivity index is 1.41. The molecule has 2 saturated heterocycles. The van der Waals surface area contributed by atoms with Crippen LogP contribution in [0.3, 0.4) is 0 Å². The number of aliphatic hydroxyl groups is 5. The molecule has 1 amide bonds. The van der Waals surface area contributed by atoms with E-state index in [0.29, 0.717) is 5.56 Å². The molecule has 1 aliphatic carbocycles. The summed E-state index contributed by atoms with van der Waals surface area (Å²) in [7, 11) is 0. The molecule has 7 N–H and O–H groups in total. The fourth-order valence-corrected chi connectivity index (χ4v) is 4.46. The van der Waals surface area contributed by atoms with Crippen LogP contribution in [-0.2, 0) is 23.8 Å². The molecule has 10 atom stereocenters. The van der Waals surface area contributed by atoms with Crippen LogP contribution in [0.5, 0.6) is 11.5 Å². The third-order valence-electron chi connectivity index (χ3n) is 6.49. The predicted octanol–water partition coefficient (Wildman–Crippen LogP) is -2.47. The Morgan fingerprint density at radius 3 is 2.25 bits per heavy atom. The summed E-state index contributed by atoms with van der Waals surface area (Å²) in [5, 5.41) is 63.9. The topological polar surface area (TPSA) is 204 Å². The SMILES string of the molecule is CC(=O)[C@@H]1O[C@H](Oc2ccc(/C=C(\C)C(=O)N[C@H]3[C@@H](O)[C@H](O)[C@@H]4OCO[C@@H]4[C@H]3O)cc2O)[C@@H](O)[C@@H]1O. The van der Waals surface area contributed by atoms with E-state index in [1.807, 2.05) is 0 Å². The van der Waals surface area contributed by atoms with E-state index < -0.39 is 72.9 Å². The van der Waals surface area contributed by atoms with Gasteiger partial charge in [-0.25, -0.2) is 0 Å². The maximum absolute atomic E-state index is 12.7. The molecule has 13 nitrogen and oxygen atoms in total. The number of aromatic hydroxyl groups is 1. The van der Waals surface area contributed by atoms with E-state index >= 15 is 0 Å². The highest BCUT2D eigenvalue weighted by Crippen LogP contribution is 2.33. The van der Waals surface area contributed by atoms with E-state index in [-0.39, 0.29) is 23.9 Å². The normalized spacial score (nSPS) is 38.5. The smallest absolute Gasteiger partial charge is 0.247 e. The maximum Gasteiger partial charge on any atom is 0.247 e. The summed E-state index contributed by atoms with van der Waals surface area (Å²) in [6, 6.07) is 2.90. The quantitative estimate of drug-likeness (QED) is 0.199. The van der Waals surface area contributed by atoms with Crippen LogP contribution in [0.1, 0.15) is 19.4 Å². The highest BCUT2D eigenvalue weighted by atomic mass is 16.7. The van der Waals surface area contributed by atoms with Crippen molar-refractivity contribution in [3.8, 4) is 11.5 Å². The highest BCUT2D eigenvalue weighted by Gasteiger charge is 2.53. The Morgan fingerprint density at radius 1 is 0.972 bits per heavy atom. The van der Waals surface area contributed by atoms with E-state index in [1.54, 1.807) is 0 Å². The molecular formula is C23H29NO12. The van der Waals surface area contributed by atoms with Crippen molar-refractivity contribution >= 4 is 17.8 Å². The van der Waals surface area contributed by atoms with Crippen LogP contribution in [0, 0.1) is 0 Å². The minimum Gasteiger partial charge on any atom is -0.504 e. The van der Waals surface area contributed by atoms with E-state index in [0.717, 1.165) is 0 Å². The van der Waals surface area contributed by atoms with Crippen molar-refractivity contribution in [3.63, 3.8) is 0 Å². The molecule has 0 aromatic heterocycles. The first-order valence-electron chi connectivity index (χ1n) is 11.3. The number of phenols is 1. The summed E-state index contributed by atoms with van der Waals surface area (Å²) in [6.07, 6.45) is -10.2. The van der Waals surface area contributed by atoms with Gasteiger partial charge in [0, 0.05) is 5.57 Å². The number of nitrogens with one attached hydrogen (secondary N) is 1. The zero-order chi connectivity index (χ0) is 26.3. The lowest BCUT2D eigenvalue weighted by Crippen LogP contribution is -2.67. The predicted molar refractivity (Wildman–Crippen MR) is 118 cm³/mol. The molecule has 13 heteroatoms. The third-order valence-corrected chi connectivity index (χ3v) is 6.49. The highest BCUT2D eigenvalue weighted by molar-refractivity contribution is 5.97. The van der Waals surface area contributed by atoms with Crippen LogP contribution in [-0.4, -0.2) is 110 Å². The van der Waals surface area contributed by atoms with Gasteiger partial charge in [0.05, 0.1) is 6.04 Å². The van der Waals surface area contributed by atoms with Gasteiger partial charge in [-0.1, -0.05) is 6.07 Å². The molecule has 2 heterocycles. The summed E-state index contributed by atoms with van der Waals surface area (Å²) in [5.74, 6) is -1.59. The zero-order valence-corrected chi connectivity index (χ0v) is 19.4. The Kier molecular flexibility index (Phi) is 7.64. The number of carbonyl (C=O) groups is 2. The van der Waals surface area contributed by atoms with Gasteiger partial charge in [0.1, 0.15) is 55.6 Å². The fourth-order valence-electron chi connectivity index (χ4n) is 4.46. The number of Topliss-reactive ketones (excluding diaryl/α,β-unsaturated/α-hetero) is 1. The van der Waals surface area contributed by atoms with Crippen LogP contribution in [0.4, 0.5) is 0 Å². The number of fused-ring (bicyclic) bond motifs is 1. The van der Waals surface area contributed by atoms with Crippen molar-refractivity contribution in [1.29, 1.82) is 0 Å². The number of carbonyl (C=O) groups excluding carboxylic acids is 2. The molecule has 0 bridgehead atoms. The van der Waals surface area contributed by atoms with Crippen LogP contribution >= 0.6 is 0 Å². The number of ketones is 1. The molecule has 4 rings (SSSR count). The first kappa shape index (κ1) is 26.4. The second-order valence-corrected chi connectivity index (χ2v) is 9.04. The summed E-state index contributed by atoms with van der Waals surface area (Å²) >= 11 is 0. The van der Waals surface area contributed by atoms with Crippen molar-refractivity contribution in [2.45, 2.75) is 75.0 Å². The number of aliphatic hydroxyl groups excluding tert-OH is 5. The Hall–Kier alpha value is -2.62. The van der Waals surface area contributed by atoms with Gasteiger partial charge in [-0.15, -0.1) is 0 Å². The lowest BCUT2D eigenvalue weighted by Gasteiger charge is -2.41. The van der Waals surface area contributed by atoms with E-state index in [2.05, 4.69) is 5.32 Å². The van der Waals surface area contributed by atoms with Crippen molar-refractivity contribution in [1.82, 2.24) is 5.32 Å². The molecule has 1 aromatic rings. The van der Waals surface area contributed by atoms with Crippen molar-refractivity contribution in [3.05, 3.63) is 29.3 Å². The number of benzene rings is 1. The van der Waals surface area contributed by atoms with Crippen LogP contribution in [0.15, 0.2) is 23.8 Å². The minimum absolute atomic E-state index is 0.0921. The zero-order valence-electron chi connectivity index (χ0n) is 19.4. The monoisotopic (exact) mass is 511 g/mol. The van der Waals surface area contributed by atoms with Crippen molar-refractivity contribution < 1.29 is 59.2 Å². The molecule has 3 fully saturated rings. The average molecular weight is 511 g/mol. The molecule has 36 heavy (non-hydrogen) atoms. The van der Waals surface area contributed by atoms with Gasteiger partial charge in [0.15, 0.2) is 17.3 Å². The number of ether oxygens (including phenoxy) is 4. The molecule has 2 aliphatic heterocycles. The summed E-state index contributed by atoms with van der Waals surface area (Å²) in [4.78, 5) is 24.2. The molecule has 0 unspecified atom stereocenters. The molecule has 0 spiro atoms. The Labute approximate surface area is 205 Å². The number of hydrogen-bond donors (Lipinski definition) is 7. The Morgan fingerprint density at radius 2 is 1.64 bits per heavy atom. The van der Waals surface area contributed by atoms with Crippen LogP contribution in [0.25, 0.3) is 6.08 Å². The van der Waals surface area contributed by atoms with Crippen molar-refractivity contribution in [2.75, 3.05) is 6.79 Å². The first-order valence-corrected chi connectivity index (χ1v) is 11.3. The van der Waals surface area contributed by atoms with Gasteiger partial charge >= 0.3 is 0 Å². The van der Waals surface area contributed by atoms with Gasteiger partial charge in [-0.3, -0.25) is 9.59 Å². The van der Waals surface area contributed by atoms with Gasteiger partial charge in [-0.05, 0) is 37.6 Å². The number of phenolic OH excluding ortho intramolecular Hbond substituents is 1. The summed E-state index contributed by atoms with van der Waals surface area (Å²) < 4.78 is 21.1. The number of rotatable bonds is 6. The van der Waals surface area contributed by atoms with Gasteiger partial charge in [0.2, 0.25) is 12.2 Å². The largest absolute Gasteiger partial charge is 0.504 e. The molecule has 0 radical (unpaired) electrons. The van der Waals surface area contributed by atoms with E-state index in [1.165, 1.54) is 38.1 Å². The number of hydrogen-bond acceptors (Lipinski definition) is 12. The lowest BCUT2D eigenvalue weighted by molar-refractivity contribution is -0.155. The molecule has 198 valence electrons. The van der Waals surface area contributed by atoms with Gasteiger partial charge in [-0.2, -0.15) is 0 Å². The lowest BCUT2D eigenvalue weighted by atomic mass is 9.83. The molecule has 1 saturated carbocycles. The van der Waals surface area contributed by atoms with Gasteiger partial charge < -0.3 is 54.9 Å². The second-order valence-electron chi connectivity index (χ2n) is 9.04. The fraction of sp³-hybridized carbons (Fsp3) is 0.565. The van der Waals surface area contributed by atoms with E-state index in [4.69, 9.17) is 18.9 Å².